The van der Waals surface area contributed by atoms with Gasteiger partial charge in [0, 0.05) is 24.7 Å². The monoisotopic (exact) mass is 290 g/mol. The minimum absolute atomic E-state index is 0.0218. The van der Waals surface area contributed by atoms with E-state index in [2.05, 4.69) is 5.32 Å². The smallest absolute Gasteiger partial charge is 0.407 e. The highest BCUT2D eigenvalue weighted by molar-refractivity contribution is 5.94. The maximum Gasteiger partial charge on any atom is 0.407 e. The molecule has 1 aromatic rings. The number of alkyl carbamates (subject to hydrolysis) is 1. The molecule has 0 bridgehead atoms. The molecular weight excluding hydrogens is 268 g/mol. The number of rotatable bonds is 2. The van der Waals surface area contributed by atoms with E-state index in [1.54, 1.807) is 4.90 Å². The number of carbonyl (C=O) groups excluding carboxylic acids is 2. The molecule has 5 nitrogen and oxygen atoms in total. The van der Waals surface area contributed by atoms with Crippen molar-refractivity contribution in [2.45, 2.75) is 45.3 Å². The minimum Gasteiger partial charge on any atom is -0.444 e. The zero-order valence-electron chi connectivity index (χ0n) is 12.8. The first-order valence-corrected chi connectivity index (χ1v) is 7.20. The molecule has 21 heavy (non-hydrogen) atoms. The van der Waals surface area contributed by atoms with Crippen molar-refractivity contribution in [2.75, 3.05) is 11.4 Å². The molecule has 1 atom stereocenters. The Balaban J connectivity index is 1.89. The highest BCUT2D eigenvalue weighted by Crippen LogP contribution is 2.20. The van der Waals surface area contributed by atoms with Crippen molar-refractivity contribution in [1.82, 2.24) is 5.32 Å². The molecule has 2 amide bonds. The van der Waals surface area contributed by atoms with Gasteiger partial charge in [-0.1, -0.05) is 18.2 Å². The first-order chi connectivity index (χ1) is 9.85. The molecule has 0 saturated carbocycles. The van der Waals surface area contributed by atoms with Crippen LogP contribution in [-0.4, -0.2) is 30.2 Å². The largest absolute Gasteiger partial charge is 0.444 e. The predicted octanol–water partition coefficient (Wildman–Crippen LogP) is 2.71. The Bertz CT molecular complexity index is 508. The molecular formula is C16H22N2O3. The summed E-state index contributed by atoms with van der Waals surface area (Å²) in [4.78, 5) is 25.7. The second kappa shape index (κ2) is 6.16. The van der Waals surface area contributed by atoms with Crippen molar-refractivity contribution in [3.05, 3.63) is 30.3 Å². The first-order valence-electron chi connectivity index (χ1n) is 7.20. The van der Waals surface area contributed by atoms with E-state index in [1.165, 1.54) is 0 Å². The summed E-state index contributed by atoms with van der Waals surface area (Å²) in [5.41, 5.74) is 0.372. The highest BCUT2D eigenvalue weighted by Gasteiger charge is 2.28. The van der Waals surface area contributed by atoms with Gasteiger partial charge in [0.15, 0.2) is 0 Å². The fourth-order valence-corrected chi connectivity index (χ4v) is 2.31. The Morgan fingerprint density at radius 1 is 1.29 bits per heavy atom. The van der Waals surface area contributed by atoms with Crippen LogP contribution in [0.15, 0.2) is 30.3 Å². The van der Waals surface area contributed by atoms with Crippen LogP contribution in [0.5, 0.6) is 0 Å². The summed E-state index contributed by atoms with van der Waals surface area (Å²) in [6.45, 7) is 6.05. The Labute approximate surface area is 125 Å². The van der Waals surface area contributed by atoms with Crippen LogP contribution in [0.25, 0.3) is 0 Å². The number of amides is 2. The Hall–Kier alpha value is -2.04. The maximum atomic E-state index is 12.2. The molecule has 1 aliphatic heterocycles. The van der Waals surface area contributed by atoms with Crippen LogP contribution in [0.3, 0.4) is 0 Å². The van der Waals surface area contributed by atoms with Gasteiger partial charge in [-0.25, -0.2) is 4.79 Å². The zero-order valence-corrected chi connectivity index (χ0v) is 12.8. The molecule has 0 aromatic heterocycles. The maximum absolute atomic E-state index is 12.2. The van der Waals surface area contributed by atoms with Crippen LogP contribution >= 0.6 is 0 Å². The fourth-order valence-electron chi connectivity index (χ4n) is 2.31. The summed E-state index contributed by atoms with van der Waals surface area (Å²) in [6, 6.07) is 9.41. The molecule has 5 heteroatoms. The molecule has 1 aromatic carbocycles. The SMILES string of the molecule is CC(C)(C)OC(=O)NC1CCN(c2ccccc2)C(=O)C1. The Kier molecular flexibility index (Phi) is 4.50. The Morgan fingerprint density at radius 2 is 1.95 bits per heavy atom. The predicted molar refractivity (Wildman–Crippen MR) is 81.2 cm³/mol. The molecule has 114 valence electrons. The molecule has 1 aliphatic rings. The van der Waals surface area contributed by atoms with Crippen molar-refractivity contribution >= 4 is 17.7 Å². The summed E-state index contributed by atoms with van der Waals surface area (Å²) in [5.74, 6) is 0.0218. The number of nitrogens with zero attached hydrogens (tertiary/aromatic N) is 1. The van der Waals surface area contributed by atoms with Gasteiger partial charge in [-0.05, 0) is 39.3 Å². The number of ether oxygens (including phenoxy) is 1. The number of hydrogen-bond acceptors (Lipinski definition) is 3. The molecule has 1 N–H and O–H groups in total. The van der Waals surface area contributed by atoms with E-state index in [9.17, 15) is 9.59 Å². The second-order valence-electron chi connectivity index (χ2n) is 6.22. The number of benzene rings is 1. The lowest BCUT2D eigenvalue weighted by molar-refractivity contribution is -0.120. The summed E-state index contributed by atoms with van der Waals surface area (Å²) in [6.07, 6.45) is 0.557. The molecule has 1 heterocycles. The van der Waals surface area contributed by atoms with E-state index in [0.29, 0.717) is 13.0 Å². The van der Waals surface area contributed by atoms with E-state index >= 15 is 0 Å². The van der Waals surface area contributed by atoms with Crippen LogP contribution < -0.4 is 10.2 Å². The van der Waals surface area contributed by atoms with Crippen molar-refractivity contribution in [1.29, 1.82) is 0 Å². The number of hydrogen-bond donors (Lipinski definition) is 1. The van der Waals surface area contributed by atoms with Gasteiger partial charge < -0.3 is 15.0 Å². The number of nitrogens with one attached hydrogen (secondary N) is 1. The molecule has 0 radical (unpaired) electrons. The highest BCUT2D eigenvalue weighted by atomic mass is 16.6. The van der Waals surface area contributed by atoms with Gasteiger partial charge in [0.05, 0.1) is 0 Å². The van der Waals surface area contributed by atoms with E-state index < -0.39 is 11.7 Å². The molecule has 2 rings (SSSR count). The normalized spacial score (nSPS) is 19.3. The second-order valence-corrected chi connectivity index (χ2v) is 6.22. The third-order valence-electron chi connectivity index (χ3n) is 3.21. The van der Waals surface area contributed by atoms with E-state index in [-0.39, 0.29) is 11.9 Å². The van der Waals surface area contributed by atoms with Gasteiger partial charge in [-0.3, -0.25) is 4.79 Å². The average molecular weight is 290 g/mol. The van der Waals surface area contributed by atoms with Crippen molar-refractivity contribution in [2.24, 2.45) is 0 Å². The van der Waals surface area contributed by atoms with Crippen molar-refractivity contribution < 1.29 is 14.3 Å². The van der Waals surface area contributed by atoms with Crippen LogP contribution in [-0.2, 0) is 9.53 Å². The third kappa shape index (κ3) is 4.48. The summed E-state index contributed by atoms with van der Waals surface area (Å²) < 4.78 is 5.21. The van der Waals surface area contributed by atoms with E-state index in [0.717, 1.165) is 12.1 Å². The molecule has 0 spiro atoms. The Morgan fingerprint density at radius 3 is 2.52 bits per heavy atom. The van der Waals surface area contributed by atoms with Crippen LogP contribution in [0.4, 0.5) is 10.5 Å². The molecule has 1 saturated heterocycles. The lowest BCUT2D eigenvalue weighted by Gasteiger charge is -2.32. The number of anilines is 1. The number of carbonyl (C=O) groups is 2. The minimum atomic E-state index is -0.529. The summed E-state index contributed by atoms with van der Waals surface area (Å²) in [5, 5.41) is 2.77. The lowest BCUT2D eigenvalue weighted by Crippen LogP contribution is -2.48. The van der Waals surface area contributed by atoms with Crippen LogP contribution in [0.1, 0.15) is 33.6 Å². The molecule has 1 unspecified atom stereocenters. The van der Waals surface area contributed by atoms with Crippen LogP contribution in [0.2, 0.25) is 0 Å². The van der Waals surface area contributed by atoms with Crippen molar-refractivity contribution in [3.63, 3.8) is 0 Å². The quantitative estimate of drug-likeness (QED) is 0.911. The van der Waals surface area contributed by atoms with Gasteiger partial charge in [-0.2, -0.15) is 0 Å². The van der Waals surface area contributed by atoms with Crippen LogP contribution in [0, 0.1) is 0 Å². The standard InChI is InChI=1S/C16H22N2O3/c1-16(2,3)21-15(20)17-12-9-10-18(14(19)11-12)13-7-5-4-6-8-13/h4-8,12H,9-11H2,1-3H3,(H,17,20). The van der Waals surface area contributed by atoms with Crippen molar-refractivity contribution in [3.8, 4) is 0 Å². The summed E-state index contributed by atoms with van der Waals surface area (Å²) >= 11 is 0. The third-order valence-corrected chi connectivity index (χ3v) is 3.21. The van der Waals surface area contributed by atoms with E-state index in [4.69, 9.17) is 4.74 Å². The van der Waals surface area contributed by atoms with Gasteiger partial charge in [0.1, 0.15) is 5.60 Å². The topological polar surface area (TPSA) is 58.6 Å². The lowest BCUT2D eigenvalue weighted by atomic mass is 10.0. The fraction of sp³-hybridized carbons (Fsp3) is 0.500. The zero-order chi connectivity index (χ0) is 15.5. The number of piperidine rings is 1. The van der Waals surface area contributed by atoms with Gasteiger partial charge in [-0.15, -0.1) is 0 Å². The van der Waals surface area contributed by atoms with Gasteiger partial charge >= 0.3 is 6.09 Å². The van der Waals surface area contributed by atoms with Gasteiger partial charge in [0.25, 0.3) is 0 Å². The van der Waals surface area contributed by atoms with Gasteiger partial charge in [0.2, 0.25) is 5.91 Å². The number of para-hydroxylation sites is 1. The average Bonchev–Trinajstić information content (AvgIpc) is 2.37. The molecule has 1 fully saturated rings. The van der Waals surface area contributed by atoms with E-state index in [1.807, 2.05) is 51.1 Å². The molecule has 0 aliphatic carbocycles. The first kappa shape index (κ1) is 15.4. The summed E-state index contributed by atoms with van der Waals surface area (Å²) in [7, 11) is 0.